The Labute approximate surface area is 149 Å². The lowest BCUT2D eigenvalue weighted by Crippen LogP contribution is -2.32. The molecule has 0 unspecified atom stereocenters. The summed E-state index contributed by atoms with van der Waals surface area (Å²) in [7, 11) is 0. The molecule has 0 aromatic heterocycles. The number of para-hydroxylation sites is 1. The number of rotatable bonds is 6. The Morgan fingerprint density at radius 1 is 1.04 bits per heavy atom. The van der Waals surface area contributed by atoms with Crippen LogP contribution >= 0.6 is 0 Å². The highest BCUT2D eigenvalue weighted by Crippen LogP contribution is 2.18. The van der Waals surface area contributed by atoms with Crippen molar-refractivity contribution < 1.29 is 9.53 Å². The van der Waals surface area contributed by atoms with E-state index in [1.54, 1.807) is 0 Å². The molecule has 2 rings (SSSR count). The second-order valence-corrected chi connectivity index (χ2v) is 6.74. The number of benzene rings is 2. The first-order chi connectivity index (χ1) is 11.9. The van der Waals surface area contributed by atoms with Crippen LogP contribution in [0.5, 0.6) is 0 Å². The highest BCUT2D eigenvalue weighted by molar-refractivity contribution is 5.67. The highest BCUT2D eigenvalue weighted by atomic mass is 16.6. The van der Waals surface area contributed by atoms with Crippen molar-refractivity contribution in [3.05, 3.63) is 66.2 Å². The van der Waals surface area contributed by atoms with Crippen molar-refractivity contribution in [2.75, 3.05) is 11.9 Å². The van der Waals surface area contributed by atoms with E-state index >= 15 is 0 Å². The van der Waals surface area contributed by atoms with Gasteiger partial charge >= 0.3 is 6.09 Å². The van der Waals surface area contributed by atoms with Crippen molar-refractivity contribution in [3.8, 4) is 0 Å². The number of anilines is 2. The number of alkyl carbamates (subject to hydrolysis) is 1. The third-order valence-corrected chi connectivity index (χ3v) is 3.24. The summed E-state index contributed by atoms with van der Waals surface area (Å²) >= 11 is 0. The maximum absolute atomic E-state index is 11.5. The topological polar surface area (TPSA) is 50.4 Å². The second kappa shape index (κ2) is 8.92. The Kier molecular flexibility index (Phi) is 6.63. The maximum Gasteiger partial charge on any atom is 0.407 e. The fourth-order valence-electron chi connectivity index (χ4n) is 2.20. The Morgan fingerprint density at radius 3 is 2.48 bits per heavy atom. The molecule has 4 heteroatoms. The van der Waals surface area contributed by atoms with Crippen LogP contribution in [0, 0.1) is 0 Å². The monoisotopic (exact) mass is 338 g/mol. The van der Waals surface area contributed by atoms with Crippen molar-refractivity contribution in [3.63, 3.8) is 0 Å². The summed E-state index contributed by atoms with van der Waals surface area (Å²) in [5.41, 5.74) is 2.75. The molecular formula is C21H26N2O2. The van der Waals surface area contributed by atoms with Gasteiger partial charge in [0.25, 0.3) is 0 Å². The van der Waals surface area contributed by atoms with E-state index in [4.69, 9.17) is 4.74 Å². The molecule has 0 spiro atoms. The van der Waals surface area contributed by atoms with Gasteiger partial charge < -0.3 is 15.4 Å². The molecule has 1 amide bonds. The van der Waals surface area contributed by atoms with E-state index < -0.39 is 5.60 Å². The Hall–Kier alpha value is -2.75. The fraction of sp³-hybridized carbons (Fsp3) is 0.286. The van der Waals surface area contributed by atoms with Gasteiger partial charge in [-0.1, -0.05) is 42.5 Å². The average Bonchev–Trinajstić information content (AvgIpc) is 2.54. The van der Waals surface area contributed by atoms with E-state index in [-0.39, 0.29) is 6.09 Å². The SMILES string of the molecule is CC(C)(C)OC(=O)NCCC=Cc1cccc(Nc2ccccc2)c1. The standard InChI is InChI=1S/C21H26N2O2/c1-21(2,3)25-20(24)22-15-8-7-10-17-11-9-14-19(16-17)23-18-12-5-4-6-13-18/h4-7,9-14,16,23H,8,15H2,1-3H3,(H,22,24). The van der Waals surface area contributed by atoms with Gasteiger partial charge in [0, 0.05) is 17.9 Å². The zero-order valence-electron chi connectivity index (χ0n) is 15.1. The zero-order valence-corrected chi connectivity index (χ0v) is 15.1. The molecule has 2 aromatic rings. The molecule has 0 atom stereocenters. The number of carbonyl (C=O) groups is 1. The first kappa shape index (κ1) is 18.6. The quantitative estimate of drug-likeness (QED) is 0.697. The molecule has 0 aliphatic carbocycles. The first-order valence-electron chi connectivity index (χ1n) is 8.48. The van der Waals surface area contributed by atoms with Crippen molar-refractivity contribution >= 4 is 23.5 Å². The van der Waals surface area contributed by atoms with E-state index in [0.29, 0.717) is 6.54 Å². The van der Waals surface area contributed by atoms with Crippen LogP contribution in [0.15, 0.2) is 60.7 Å². The molecule has 0 saturated heterocycles. The lowest BCUT2D eigenvalue weighted by atomic mass is 10.1. The summed E-state index contributed by atoms with van der Waals surface area (Å²) in [6, 6.07) is 18.3. The fourth-order valence-corrected chi connectivity index (χ4v) is 2.20. The molecule has 2 aromatic carbocycles. The van der Waals surface area contributed by atoms with Crippen LogP contribution in [0.1, 0.15) is 32.8 Å². The van der Waals surface area contributed by atoms with E-state index in [9.17, 15) is 4.79 Å². The molecule has 2 N–H and O–H groups in total. The van der Waals surface area contributed by atoms with E-state index in [0.717, 1.165) is 23.4 Å². The van der Waals surface area contributed by atoms with Crippen LogP contribution in [0.3, 0.4) is 0 Å². The molecule has 132 valence electrons. The minimum absolute atomic E-state index is 0.380. The van der Waals surface area contributed by atoms with Crippen molar-refractivity contribution in [1.82, 2.24) is 5.32 Å². The summed E-state index contributed by atoms with van der Waals surface area (Å²) < 4.78 is 5.19. The minimum Gasteiger partial charge on any atom is -0.444 e. The molecule has 4 nitrogen and oxygen atoms in total. The largest absolute Gasteiger partial charge is 0.444 e. The number of amides is 1. The summed E-state index contributed by atoms with van der Waals surface area (Å²) in [4.78, 5) is 11.5. The van der Waals surface area contributed by atoms with Crippen molar-refractivity contribution in [1.29, 1.82) is 0 Å². The van der Waals surface area contributed by atoms with E-state index in [1.165, 1.54) is 0 Å². The van der Waals surface area contributed by atoms with Gasteiger partial charge in [-0.15, -0.1) is 0 Å². The number of hydrogen-bond acceptors (Lipinski definition) is 3. The number of nitrogens with one attached hydrogen (secondary N) is 2. The predicted molar refractivity (Wildman–Crippen MR) is 104 cm³/mol. The third kappa shape index (κ3) is 7.57. The number of ether oxygens (including phenoxy) is 1. The van der Waals surface area contributed by atoms with Crippen LogP contribution in [0.2, 0.25) is 0 Å². The number of carbonyl (C=O) groups excluding carboxylic acids is 1. The van der Waals surface area contributed by atoms with Crippen LogP contribution in [-0.2, 0) is 4.74 Å². The van der Waals surface area contributed by atoms with Gasteiger partial charge in [-0.2, -0.15) is 0 Å². The van der Waals surface area contributed by atoms with Gasteiger partial charge in [0.15, 0.2) is 0 Å². The molecule has 25 heavy (non-hydrogen) atoms. The average molecular weight is 338 g/mol. The minimum atomic E-state index is -0.466. The number of hydrogen-bond donors (Lipinski definition) is 2. The highest BCUT2D eigenvalue weighted by Gasteiger charge is 2.15. The van der Waals surface area contributed by atoms with Gasteiger partial charge in [0.2, 0.25) is 0 Å². The first-order valence-corrected chi connectivity index (χ1v) is 8.48. The molecule has 0 aliphatic rings. The van der Waals surface area contributed by atoms with Crippen LogP contribution in [-0.4, -0.2) is 18.2 Å². The van der Waals surface area contributed by atoms with Crippen LogP contribution in [0.4, 0.5) is 16.2 Å². The Bertz CT molecular complexity index is 703. The molecule has 0 heterocycles. The van der Waals surface area contributed by atoms with Crippen molar-refractivity contribution in [2.24, 2.45) is 0 Å². The molecule has 0 aliphatic heterocycles. The molecule has 0 fully saturated rings. The molecule has 0 radical (unpaired) electrons. The predicted octanol–water partition coefficient (Wildman–Crippen LogP) is 5.36. The van der Waals surface area contributed by atoms with Gasteiger partial charge in [-0.05, 0) is 57.0 Å². The maximum atomic E-state index is 11.5. The molecular weight excluding hydrogens is 312 g/mol. The second-order valence-electron chi connectivity index (χ2n) is 6.74. The van der Waals surface area contributed by atoms with Gasteiger partial charge in [-0.3, -0.25) is 0 Å². The molecule has 0 saturated carbocycles. The Morgan fingerprint density at radius 2 is 1.76 bits per heavy atom. The van der Waals surface area contributed by atoms with Crippen LogP contribution < -0.4 is 10.6 Å². The summed E-state index contributed by atoms with van der Waals surface area (Å²) in [5, 5.41) is 6.12. The van der Waals surface area contributed by atoms with Gasteiger partial charge in [-0.25, -0.2) is 4.79 Å². The summed E-state index contributed by atoms with van der Waals surface area (Å²) in [6.45, 7) is 6.10. The smallest absolute Gasteiger partial charge is 0.407 e. The molecule has 0 bridgehead atoms. The van der Waals surface area contributed by atoms with Crippen molar-refractivity contribution in [2.45, 2.75) is 32.8 Å². The zero-order chi connectivity index (χ0) is 18.1. The van der Waals surface area contributed by atoms with E-state index in [1.807, 2.05) is 81.5 Å². The lowest BCUT2D eigenvalue weighted by Gasteiger charge is -2.19. The third-order valence-electron chi connectivity index (χ3n) is 3.24. The van der Waals surface area contributed by atoms with Crippen LogP contribution in [0.25, 0.3) is 6.08 Å². The summed E-state index contributed by atoms with van der Waals surface area (Å²) in [5.74, 6) is 0. The Balaban J connectivity index is 1.79. The summed E-state index contributed by atoms with van der Waals surface area (Å²) in [6.07, 6.45) is 4.46. The van der Waals surface area contributed by atoms with Gasteiger partial charge in [0.1, 0.15) is 5.60 Å². The van der Waals surface area contributed by atoms with E-state index in [2.05, 4.69) is 16.7 Å². The normalized spacial score (nSPS) is 11.3. The lowest BCUT2D eigenvalue weighted by molar-refractivity contribution is 0.0529. The van der Waals surface area contributed by atoms with Gasteiger partial charge in [0.05, 0.1) is 0 Å².